The molecule has 12 aromatic rings. The molecule has 0 aliphatic carbocycles. The van der Waals surface area contributed by atoms with Gasteiger partial charge in [0.2, 0.25) is 0 Å². The summed E-state index contributed by atoms with van der Waals surface area (Å²) >= 11 is 4.23. The average Bonchev–Trinajstić information content (AvgIpc) is 0.913. The summed E-state index contributed by atoms with van der Waals surface area (Å²) < 4.78 is 109. The summed E-state index contributed by atoms with van der Waals surface area (Å²) in [6.07, 6.45) is 9.52. The Balaban J connectivity index is 0.000000212. The summed E-state index contributed by atoms with van der Waals surface area (Å²) in [4.78, 5) is 30.3. The zero-order valence-corrected chi connectivity index (χ0v) is 58.2. The summed E-state index contributed by atoms with van der Waals surface area (Å²) in [5.41, 5.74) is 8.33. The van der Waals surface area contributed by atoms with Gasteiger partial charge in [-0.1, -0.05) is 42.5 Å². The average molecular weight is 1450 g/mol. The molecule has 0 radical (unpaired) electrons. The van der Waals surface area contributed by atoms with Crippen molar-refractivity contribution >= 4 is 63.5 Å². The second-order valence-electron chi connectivity index (χ2n) is 23.4. The van der Waals surface area contributed by atoms with E-state index in [4.69, 9.17) is 18.2 Å². The summed E-state index contributed by atoms with van der Waals surface area (Å²) in [7, 11) is -10.1. The van der Waals surface area contributed by atoms with Gasteiger partial charge < -0.3 is 29.2 Å². The quantitative estimate of drug-likeness (QED) is 0.0858. The third-order valence-electron chi connectivity index (χ3n) is 16.9. The molecule has 9 aromatic heterocycles. The Morgan fingerprint density at radius 3 is 1.12 bits per heavy atom. The highest BCUT2D eigenvalue weighted by atomic mass is 32.2. The van der Waals surface area contributed by atoms with E-state index in [2.05, 4.69) is 71.5 Å². The van der Waals surface area contributed by atoms with Gasteiger partial charge in [-0.15, -0.1) is 64.6 Å². The number of nitrogens with one attached hydrogen (secondary N) is 3. The zero-order valence-electron chi connectivity index (χ0n) is 53.3. The Labute approximate surface area is 584 Å². The molecule has 15 rings (SSSR count). The first-order chi connectivity index (χ1) is 47.4. The number of rotatable bonds is 15. The van der Waals surface area contributed by atoms with E-state index in [9.17, 15) is 29.6 Å². The van der Waals surface area contributed by atoms with E-state index in [0.717, 1.165) is 65.3 Å². The van der Waals surface area contributed by atoms with Crippen LogP contribution in [0.15, 0.2) is 160 Å². The maximum Gasteiger partial charge on any atom is 0.268 e. The van der Waals surface area contributed by atoms with Crippen molar-refractivity contribution in [2.24, 2.45) is 0 Å². The molecule has 3 atom stereocenters. The van der Waals surface area contributed by atoms with Crippen LogP contribution in [-0.4, -0.2) is 141 Å². The fourth-order valence-electron chi connectivity index (χ4n) is 11.3. The summed E-state index contributed by atoms with van der Waals surface area (Å²) in [6, 6.07) is 27.4. The monoisotopic (exact) mass is 1450 g/mol. The van der Waals surface area contributed by atoms with E-state index in [0.29, 0.717) is 134 Å². The fourth-order valence-corrected chi connectivity index (χ4v) is 18.6. The number of halogens is 1. The fraction of sp³-hybridized carbons (Fsp3) is 0.284. The molecule has 0 amide bonds. The molecule has 0 bridgehead atoms. The number of aryl methyl sites for hydroxylation is 4. The Morgan fingerprint density at radius 2 is 0.786 bits per heavy atom. The van der Waals surface area contributed by atoms with Gasteiger partial charge >= 0.3 is 0 Å². The predicted octanol–water partition coefficient (Wildman–Crippen LogP) is 13.2. The van der Waals surface area contributed by atoms with Crippen LogP contribution in [0.4, 0.5) is 4.39 Å². The molecule has 12 heterocycles. The molecular formula is C67H76FN15O9S6. The van der Waals surface area contributed by atoms with E-state index in [1.54, 1.807) is 115 Å². The normalized spacial score (nSPS) is 16.8. The molecule has 3 fully saturated rings. The van der Waals surface area contributed by atoms with Crippen molar-refractivity contribution in [3.8, 4) is 101 Å². The zero-order chi connectivity index (χ0) is 68.1. The molecule has 3 N–H and O–H groups in total. The summed E-state index contributed by atoms with van der Waals surface area (Å²) in [5.74, 6) is 1.28. The number of piperidine rings is 3. The first kappa shape index (κ1) is 67.6. The van der Waals surface area contributed by atoms with Crippen LogP contribution < -0.4 is 16.0 Å². The van der Waals surface area contributed by atoms with Crippen molar-refractivity contribution in [3.05, 3.63) is 160 Å². The molecule has 516 valence electrons. The van der Waals surface area contributed by atoms with Crippen LogP contribution in [0.1, 0.15) is 69.7 Å². The second kappa shape index (κ2) is 29.3. The van der Waals surface area contributed by atoms with Gasteiger partial charge in [-0.05, 0) is 162 Å². The molecule has 3 aromatic carbocycles. The summed E-state index contributed by atoms with van der Waals surface area (Å²) in [5, 5.41) is 38.4. The van der Waals surface area contributed by atoms with Gasteiger partial charge in [0.15, 0.2) is 29.5 Å². The highest BCUT2D eigenvalue weighted by Gasteiger charge is 2.32. The molecule has 98 heavy (non-hydrogen) atoms. The van der Waals surface area contributed by atoms with Gasteiger partial charge in [-0.3, -0.25) is 15.0 Å². The number of hydrogen-bond acceptors (Lipinski definition) is 27. The van der Waals surface area contributed by atoms with Crippen LogP contribution in [0.25, 0.3) is 101 Å². The van der Waals surface area contributed by atoms with Crippen LogP contribution in [0.5, 0.6) is 0 Å². The van der Waals surface area contributed by atoms with Crippen molar-refractivity contribution in [2.45, 2.75) is 96.7 Å². The number of nitrogens with zero attached hydrogens (tertiary/aromatic N) is 12. The van der Waals surface area contributed by atoms with Crippen molar-refractivity contribution < 1.29 is 51.5 Å². The smallest absolute Gasteiger partial charge is 0.268 e. The maximum absolute atomic E-state index is 13.9. The lowest BCUT2D eigenvalue weighted by Crippen LogP contribution is -2.38. The first-order valence-corrected chi connectivity index (χ1v) is 38.7. The van der Waals surface area contributed by atoms with E-state index in [1.165, 1.54) is 28.7 Å². The Bertz CT molecular complexity index is 4940. The lowest BCUT2D eigenvalue weighted by Gasteiger charge is -2.22. The third kappa shape index (κ3) is 14.6. The minimum atomic E-state index is -3.40. The lowest BCUT2D eigenvalue weighted by atomic mass is 10.1. The third-order valence-corrected chi connectivity index (χ3v) is 26.2. The van der Waals surface area contributed by atoms with E-state index in [1.807, 2.05) is 49.7 Å². The highest BCUT2D eigenvalue weighted by Crippen LogP contribution is 2.36. The Hall–Kier alpha value is -8.92. The second-order valence-corrected chi connectivity index (χ2v) is 32.9. The topological polar surface area (TPSA) is 333 Å². The van der Waals surface area contributed by atoms with Crippen molar-refractivity contribution in [3.63, 3.8) is 0 Å². The summed E-state index contributed by atoms with van der Waals surface area (Å²) in [6.45, 7) is 11.5. The SMILES string of the molecule is Cc1ccsc1-c1nnc(-c2nc(-c3ccc(S(=O)(=O)C4CCCNC4)cc3)cnc2C)o1.Cc1ncc(-c2ccc(S(=O)(=O)C3CCCNC3)cc2)nc1-c1nnc(-c2cccs2)o1.Cc1ncc(-c2ccc(S(=O)(=O)C3CCCNC3)cc2)nc1-c1nnc(-c2sccc2F)o1.[HH].[HH].[HH].[HH].[HH].[HH]. The molecule has 0 saturated carbocycles. The van der Waals surface area contributed by atoms with Gasteiger partial charge in [-0.25, -0.2) is 44.6 Å². The Morgan fingerprint density at radius 1 is 0.429 bits per heavy atom. The van der Waals surface area contributed by atoms with Crippen molar-refractivity contribution in [2.75, 3.05) is 39.3 Å². The van der Waals surface area contributed by atoms with E-state index in [-0.39, 0.29) is 35.7 Å². The predicted molar refractivity (Wildman–Crippen MR) is 383 cm³/mol. The van der Waals surface area contributed by atoms with Crippen LogP contribution in [-0.2, 0) is 29.5 Å². The maximum atomic E-state index is 13.9. The number of hydrogen-bond donors (Lipinski definition) is 3. The van der Waals surface area contributed by atoms with Gasteiger partial charge in [0.1, 0.15) is 27.8 Å². The van der Waals surface area contributed by atoms with Crippen LogP contribution in [0, 0.1) is 33.5 Å². The number of sulfone groups is 3. The number of benzene rings is 3. The van der Waals surface area contributed by atoms with Gasteiger partial charge in [0.05, 0.1) is 92.9 Å². The molecule has 3 aliphatic heterocycles. The van der Waals surface area contributed by atoms with Gasteiger partial charge in [-0.2, -0.15) is 0 Å². The van der Waals surface area contributed by atoms with Crippen LogP contribution >= 0.6 is 34.0 Å². The Kier molecular flexibility index (Phi) is 20.2. The van der Waals surface area contributed by atoms with Gasteiger partial charge in [0, 0.05) is 44.9 Å². The number of aromatic nitrogens is 12. The van der Waals surface area contributed by atoms with Gasteiger partial charge in [0.25, 0.3) is 35.3 Å². The molecule has 31 heteroatoms. The minimum absolute atomic E-state index is 0. The van der Waals surface area contributed by atoms with E-state index < -0.39 is 40.6 Å². The molecule has 3 unspecified atom stereocenters. The standard InChI is InChI=1S/C23H23N5O3S2.C22H20FN5O3S2.C22H21N5O3S2.6H2/c1-14-9-11-32-21(14)23-28-27-22(31-23)20-15(2)25-13-19(26-20)16-5-7-17(8-6-16)33(29,30)18-4-3-10-24-12-18;1-13-19(21-27-28-22(31-21)20-17(23)8-10-32-20)26-18(12-25-13)14-4-6-15(7-5-14)33(29,30)16-3-2-9-24-11-16;1-14-20(22-27-26-21(30-22)19-5-3-11-31-19)25-18(13-24-14)15-6-8-16(9-7-15)32(28,29)17-4-2-10-23-12-17;;;;;;/h5-9,11,13,18,24H,3-4,10,12H2,1-2H3;4-8,10,12,16,24H,2-3,9,11H2,1H3;3,5-9,11,13,17,23H,2,4,10,12H2,1H3;6*1H. The van der Waals surface area contributed by atoms with Crippen LogP contribution in [0.2, 0.25) is 0 Å². The molecule has 24 nitrogen and oxygen atoms in total. The van der Waals surface area contributed by atoms with Crippen molar-refractivity contribution in [1.82, 2.24) is 76.4 Å². The molecule has 0 spiro atoms. The molecular weight excluding hydrogens is 1370 g/mol. The highest BCUT2D eigenvalue weighted by molar-refractivity contribution is 7.92. The molecule has 3 saturated heterocycles. The number of thiophene rings is 3. The van der Waals surface area contributed by atoms with Crippen molar-refractivity contribution in [1.29, 1.82) is 0 Å². The largest absolute Gasteiger partial charge is 0.414 e. The van der Waals surface area contributed by atoms with Crippen LogP contribution in [0.3, 0.4) is 0 Å². The van der Waals surface area contributed by atoms with E-state index >= 15 is 0 Å². The minimum Gasteiger partial charge on any atom is -0.414 e. The lowest BCUT2D eigenvalue weighted by molar-refractivity contribution is 0.496. The molecule has 3 aliphatic rings. The first-order valence-electron chi connectivity index (χ1n) is 31.4.